The minimum atomic E-state index is -3.34. The number of primary sulfonamides is 1. The molecule has 0 aliphatic heterocycles. The lowest BCUT2D eigenvalue weighted by Crippen LogP contribution is -2.25. The van der Waals surface area contributed by atoms with Crippen LogP contribution in [0, 0.1) is 6.92 Å². The van der Waals surface area contributed by atoms with Crippen molar-refractivity contribution in [3.8, 4) is 0 Å². The molecule has 1 aromatic carbocycles. The van der Waals surface area contributed by atoms with Gasteiger partial charge in [0.2, 0.25) is 10.0 Å². The van der Waals surface area contributed by atoms with E-state index in [0.717, 1.165) is 6.42 Å². The number of sulfonamides is 1. The van der Waals surface area contributed by atoms with E-state index in [1.54, 1.807) is 0 Å². The summed E-state index contributed by atoms with van der Waals surface area (Å²) in [5.41, 5.74) is 2.47. The molecule has 1 atom stereocenters. The first-order valence-electron chi connectivity index (χ1n) is 6.23. The highest BCUT2D eigenvalue weighted by Gasteiger charge is 2.08. The van der Waals surface area contributed by atoms with E-state index in [1.165, 1.54) is 11.1 Å². The fourth-order valence-electron chi connectivity index (χ4n) is 1.85. The normalized spacial score (nSPS) is 13.5. The van der Waals surface area contributed by atoms with Crippen LogP contribution in [0.5, 0.6) is 0 Å². The van der Waals surface area contributed by atoms with Gasteiger partial charge in [-0.3, -0.25) is 0 Å². The molecule has 4 nitrogen and oxygen atoms in total. The zero-order valence-electron chi connectivity index (χ0n) is 11.0. The number of rotatable bonds is 7. The molecule has 0 saturated heterocycles. The maximum absolute atomic E-state index is 10.8. The largest absolute Gasteiger partial charge is 0.310 e. The van der Waals surface area contributed by atoms with Crippen LogP contribution in [0.15, 0.2) is 24.3 Å². The maximum atomic E-state index is 10.8. The zero-order chi connectivity index (χ0) is 13.6. The average Bonchev–Trinajstić information content (AvgIpc) is 2.29. The van der Waals surface area contributed by atoms with Gasteiger partial charge in [-0.2, -0.15) is 0 Å². The molecule has 5 heteroatoms. The summed E-state index contributed by atoms with van der Waals surface area (Å²) < 4.78 is 21.6. The summed E-state index contributed by atoms with van der Waals surface area (Å²) in [4.78, 5) is 0. The first kappa shape index (κ1) is 15.1. The van der Waals surface area contributed by atoms with Crippen LogP contribution >= 0.6 is 0 Å². The van der Waals surface area contributed by atoms with Crippen LogP contribution in [0.1, 0.15) is 36.9 Å². The number of aryl methyl sites for hydroxylation is 1. The van der Waals surface area contributed by atoms with Gasteiger partial charge in [-0.25, -0.2) is 13.6 Å². The van der Waals surface area contributed by atoms with Gasteiger partial charge in [0.15, 0.2) is 0 Å². The predicted octanol–water partition coefficient (Wildman–Crippen LogP) is 1.71. The van der Waals surface area contributed by atoms with Crippen LogP contribution in [-0.4, -0.2) is 20.7 Å². The van der Waals surface area contributed by atoms with E-state index < -0.39 is 10.0 Å². The molecule has 0 radical (unpaired) electrons. The Morgan fingerprint density at radius 1 is 1.28 bits per heavy atom. The Labute approximate surface area is 110 Å². The highest BCUT2D eigenvalue weighted by molar-refractivity contribution is 7.89. The second kappa shape index (κ2) is 6.87. The number of hydrogen-bond acceptors (Lipinski definition) is 3. The summed E-state index contributed by atoms with van der Waals surface area (Å²) in [7, 11) is -3.34. The van der Waals surface area contributed by atoms with Crippen LogP contribution in [0.25, 0.3) is 0 Å². The molecule has 3 N–H and O–H groups in total. The predicted molar refractivity (Wildman–Crippen MR) is 74.8 cm³/mol. The van der Waals surface area contributed by atoms with Gasteiger partial charge in [0.25, 0.3) is 0 Å². The second-order valence-electron chi connectivity index (χ2n) is 4.55. The Balaban J connectivity index is 2.45. The number of hydrogen-bond donors (Lipinski definition) is 2. The molecule has 0 aliphatic rings. The molecular weight excluding hydrogens is 248 g/mol. The quantitative estimate of drug-likeness (QED) is 0.741. The lowest BCUT2D eigenvalue weighted by molar-refractivity contribution is 0.516. The van der Waals surface area contributed by atoms with Gasteiger partial charge >= 0.3 is 0 Å². The number of benzene rings is 1. The lowest BCUT2D eigenvalue weighted by atomic mass is 10.0. The van der Waals surface area contributed by atoms with Crippen LogP contribution in [0.3, 0.4) is 0 Å². The van der Waals surface area contributed by atoms with Crippen molar-refractivity contribution < 1.29 is 8.42 Å². The minimum absolute atomic E-state index is 0.0321. The second-order valence-corrected chi connectivity index (χ2v) is 6.28. The molecule has 1 aromatic rings. The number of nitrogens with two attached hydrogens (primary N) is 1. The van der Waals surface area contributed by atoms with Crippen molar-refractivity contribution in [1.82, 2.24) is 5.32 Å². The molecule has 0 fully saturated rings. The minimum Gasteiger partial charge on any atom is -0.310 e. The SMILES string of the molecule is CCC(NCCCS(N)(=O)=O)c1ccc(C)cc1. The molecule has 0 saturated carbocycles. The van der Waals surface area contributed by atoms with Crippen LogP contribution in [0.2, 0.25) is 0 Å². The van der Waals surface area contributed by atoms with E-state index in [4.69, 9.17) is 5.14 Å². The first-order valence-corrected chi connectivity index (χ1v) is 7.94. The van der Waals surface area contributed by atoms with Crippen molar-refractivity contribution in [2.75, 3.05) is 12.3 Å². The van der Waals surface area contributed by atoms with Crippen molar-refractivity contribution >= 4 is 10.0 Å². The summed E-state index contributed by atoms with van der Waals surface area (Å²) in [6, 6.07) is 8.66. The van der Waals surface area contributed by atoms with E-state index in [2.05, 4.69) is 43.4 Å². The van der Waals surface area contributed by atoms with Gasteiger partial charge in [-0.15, -0.1) is 0 Å². The highest BCUT2D eigenvalue weighted by Crippen LogP contribution is 2.16. The van der Waals surface area contributed by atoms with E-state index in [1.807, 2.05) is 0 Å². The van der Waals surface area contributed by atoms with Gasteiger partial charge in [0.1, 0.15) is 0 Å². The van der Waals surface area contributed by atoms with Crippen molar-refractivity contribution in [1.29, 1.82) is 0 Å². The Morgan fingerprint density at radius 2 is 1.89 bits per heavy atom. The van der Waals surface area contributed by atoms with E-state index in [-0.39, 0.29) is 11.8 Å². The molecule has 102 valence electrons. The molecule has 18 heavy (non-hydrogen) atoms. The average molecular weight is 270 g/mol. The molecule has 1 unspecified atom stereocenters. The Bertz CT molecular complexity index is 454. The Kier molecular flexibility index (Phi) is 5.78. The van der Waals surface area contributed by atoms with Gasteiger partial charge in [0.05, 0.1) is 5.75 Å². The van der Waals surface area contributed by atoms with E-state index in [0.29, 0.717) is 13.0 Å². The third-order valence-corrected chi connectivity index (χ3v) is 3.74. The molecule has 0 bridgehead atoms. The fourth-order valence-corrected chi connectivity index (χ4v) is 2.39. The van der Waals surface area contributed by atoms with E-state index >= 15 is 0 Å². The topological polar surface area (TPSA) is 72.2 Å². The van der Waals surface area contributed by atoms with Crippen molar-refractivity contribution in [2.45, 2.75) is 32.7 Å². The fraction of sp³-hybridized carbons (Fsp3) is 0.538. The Morgan fingerprint density at radius 3 is 2.39 bits per heavy atom. The summed E-state index contributed by atoms with van der Waals surface area (Å²) >= 11 is 0. The summed E-state index contributed by atoms with van der Waals surface area (Å²) in [6.07, 6.45) is 1.51. The lowest BCUT2D eigenvalue weighted by Gasteiger charge is -2.17. The third-order valence-electron chi connectivity index (χ3n) is 2.88. The van der Waals surface area contributed by atoms with Crippen molar-refractivity contribution in [3.63, 3.8) is 0 Å². The molecule has 0 spiro atoms. The summed E-state index contributed by atoms with van der Waals surface area (Å²) in [6.45, 7) is 4.82. The molecule has 0 amide bonds. The monoisotopic (exact) mass is 270 g/mol. The van der Waals surface area contributed by atoms with Gasteiger partial charge in [-0.05, 0) is 31.9 Å². The molecular formula is C13H22N2O2S. The zero-order valence-corrected chi connectivity index (χ0v) is 11.8. The first-order chi connectivity index (χ1) is 8.42. The van der Waals surface area contributed by atoms with Gasteiger partial charge < -0.3 is 5.32 Å². The Hall–Kier alpha value is -0.910. The highest BCUT2D eigenvalue weighted by atomic mass is 32.2. The third kappa shape index (κ3) is 5.62. The van der Waals surface area contributed by atoms with Crippen LogP contribution < -0.4 is 10.5 Å². The van der Waals surface area contributed by atoms with Crippen molar-refractivity contribution in [2.24, 2.45) is 5.14 Å². The van der Waals surface area contributed by atoms with Crippen LogP contribution in [-0.2, 0) is 10.0 Å². The molecule has 0 aliphatic carbocycles. The summed E-state index contributed by atoms with van der Waals surface area (Å²) in [5, 5.41) is 8.31. The molecule has 1 rings (SSSR count). The molecule has 0 heterocycles. The standard InChI is InChI=1S/C13H22N2O2S/c1-3-13(12-7-5-11(2)6-8-12)15-9-4-10-18(14,16)17/h5-8,13,15H,3-4,9-10H2,1-2H3,(H2,14,16,17). The number of nitrogens with one attached hydrogen (secondary N) is 1. The van der Waals surface area contributed by atoms with Crippen LogP contribution in [0.4, 0.5) is 0 Å². The smallest absolute Gasteiger partial charge is 0.209 e. The molecule has 0 aromatic heterocycles. The van der Waals surface area contributed by atoms with Gasteiger partial charge in [-0.1, -0.05) is 36.8 Å². The summed E-state index contributed by atoms with van der Waals surface area (Å²) in [5.74, 6) is 0.0321. The van der Waals surface area contributed by atoms with E-state index in [9.17, 15) is 8.42 Å². The van der Waals surface area contributed by atoms with Gasteiger partial charge in [0, 0.05) is 6.04 Å². The maximum Gasteiger partial charge on any atom is 0.209 e. The van der Waals surface area contributed by atoms with Crippen molar-refractivity contribution in [3.05, 3.63) is 35.4 Å².